The first-order valence-electron chi connectivity index (χ1n) is 6.49. The Labute approximate surface area is 123 Å². The predicted molar refractivity (Wildman–Crippen MR) is 79.7 cm³/mol. The molecule has 0 unspecified atom stereocenters. The lowest BCUT2D eigenvalue weighted by molar-refractivity contribution is 0.685. The molecule has 0 aliphatic heterocycles. The fourth-order valence-electron chi connectivity index (χ4n) is 2.36. The van der Waals surface area contributed by atoms with Crippen LogP contribution in [0.1, 0.15) is 11.6 Å². The first-order valence-corrected chi connectivity index (χ1v) is 6.49. The fourth-order valence-corrected chi connectivity index (χ4v) is 2.36. The molecule has 0 aromatic carbocycles. The molecule has 0 amide bonds. The van der Waals surface area contributed by atoms with Crippen LogP contribution in [-0.4, -0.2) is 39.3 Å². The monoisotopic (exact) mass is 296 g/mol. The standard InChI is InChI=1S/C12H12N10/c1-5-17-9(13)7-11(19-5)21(3-15-7)22-4-16-8-10(14)18-6(2)20-12(8)22/h3-4H,1-2H3,(H2,13,17,19)(H2,14,18,20). The van der Waals surface area contributed by atoms with Gasteiger partial charge in [-0.15, -0.1) is 0 Å². The Kier molecular flexibility index (Phi) is 2.32. The Morgan fingerprint density at radius 3 is 1.55 bits per heavy atom. The molecule has 0 radical (unpaired) electrons. The van der Waals surface area contributed by atoms with Gasteiger partial charge in [0.15, 0.2) is 34.0 Å². The van der Waals surface area contributed by atoms with E-state index in [1.165, 1.54) is 0 Å². The summed E-state index contributed by atoms with van der Waals surface area (Å²) in [6.07, 6.45) is 3.17. The molecule has 10 nitrogen and oxygen atoms in total. The van der Waals surface area contributed by atoms with Gasteiger partial charge in [0.25, 0.3) is 0 Å². The molecule has 4 N–H and O–H groups in total. The number of imidazole rings is 2. The normalized spacial score (nSPS) is 11.5. The Bertz CT molecular complexity index is 943. The number of anilines is 2. The Morgan fingerprint density at radius 1 is 0.727 bits per heavy atom. The highest BCUT2D eigenvalue weighted by Gasteiger charge is 2.15. The first-order chi connectivity index (χ1) is 10.5. The lowest BCUT2D eigenvalue weighted by Crippen LogP contribution is -2.10. The first kappa shape index (κ1) is 12.4. The summed E-state index contributed by atoms with van der Waals surface area (Å²) in [6, 6.07) is 0. The van der Waals surface area contributed by atoms with Crippen LogP contribution in [-0.2, 0) is 0 Å². The number of aromatic nitrogens is 8. The molecule has 0 aliphatic rings. The summed E-state index contributed by atoms with van der Waals surface area (Å²) in [5.41, 5.74) is 14.0. The van der Waals surface area contributed by atoms with Crippen LogP contribution < -0.4 is 11.5 Å². The predicted octanol–water partition coefficient (Wildman–Crippen LogP) is 0.0586. The summed E-state index contributed by atoms with van der Waals surface area (Å²) in [7, 11) is 0. The van der Waals surface area contributed by atoms with Crippen molar-refractivity contribution in [2.45, 2.75) is 13.8 Å². The summed E-state index contributed by atoms with van der Waals surface area (Å²) >= 11 is 0. The largest absolute Gasteiger partial charge is 0.382 e. The van der Waals surface area contributed by atoms with Gasteiger partial charge < -0.3 is 11.5 Å². The second kappa shape index (κ2) is 4.10. The van der Waals surface area contributed by atoms with Gasteiger partial charge in [-0.3, -0.25) is 0 Å². The summed E-state index contributed by atoms with van der Waals surface area (Å²) in [4.78, 5) is 25.5. The van der Waals surface area contributed by atoms with Gasteiger partial charge in [0.2, 0.25) is 0 Å². The Morgan fingerprint density at radius 2 is 1.14 bits per heavy atom. The molecule has 4 heterocycles. The minimum Gasteiger partial charge on any atom is -0.382 e. The van der Waals surface area contributed by atoms with Crippen LogP contribution in [0.4, 0.5) is 11.6 Å². The number of nitrogens with zero attached hydrogens (tertiary/aromatic N) is 8. The maximum atomic E-state index is 5.89. The van der Waals surface area contributed by atoms with Crippen LogP contribution in [0.25, 0.3) is 22.3 Å². The number of hydrogen-bond acceptors (Lipinski definition) is 8. The van der Waals surface area contributed by atoms with E-state index in [0.717, 1.165) is 0 Å². The molecule has 0 saturated carbocycles. The molecule has 4 aromatic rings. The van der Waals surface area contributed by atoms with Crippen LogP contribution in [0.3, 0.4) is 0 Å². The van der Waals surface area contributed by atoms with Crippen molar-refractivity contribution in [3.05, 3.63) is 24.3 Å². The smallest absolute Gasteiger partial charge is 0.185 e. The number of hydrogen-bond donors (Lipinski definition) is 2. The molecule has 0 spiro atoms. The van der Waals surface area contributed by atoms with E-state index in [9.17, 15) is 0 Å². The van der Waals surface area contributed by atoms with E-state index >= 15 is 0 Å². The molecule has 0 aliphatic carbocycles. The van der Waals surface area contributed by atoms with Gasteiger partial charge in [0, 0.05) is 0 Å². The number of nitrogen functional groups attached to an aromatic ring is 2. The maximum absolute atomic E-state index is 5.89. The zero-order chi connectivity index (χ0) is 15.4. The third kappa shape index (κ3) is 1.60. The van der Waals surface area contributed by atoms with Crippen molar-refractivity contribution in [1.82, 2.24) is 39.3 Å². The van der Waals surface area contributed by atoms with Crippen LogP contribution in [0.2, 0.25) is 0 Å². The van der Waals surface area contributed by atoms with Crippen molar-refractivity contribution < 1.29 is 0 Å². The molecule has 10 heteroatoms. The molecular weight excluding hydrogens is 284 g/mol. The molecule has 0 fully saturated rings. The summed E-state index contributed by atoms with van der Waals surface area (Å²) < 4.78 is 3.39. The lowest BCUT2D eigenvalue weighted by atomic mass is 10.5. The van der Waals surface area contributed by atoms with E-state index in [2.05, 4.69) is 29.9 Å². The van der Waals surface area contributed by atoms with Crippen molar-refractivity contribution in [3.8, 4) is 0 Å². The van der Waals surface area contributed by atoms with Crippen molar-refractivity contribution in [1.29, 1.82) is 0 Å². The van der Waals surface area contributed by atoms with Gasteiger partial charge in [0.05, 0.1) is 0 Å². The summed E-state index contributed by atoms with van der Waals surface area (Å²) in [5, 5.41) is 0. The SMILES string of the molecule is Cc1nc(N)c2ncn(-n3cnc4c(N)nc(C)nc43)c2n1. The number of rotatable bonds is 1. The average molecular weight is 296 g/mol. The number of aryl methyl sites for hydroxylation is 2. The number of nitrogens with two attached hydrogens (primary N) is 2. The molecule has 4 aromatic heterocycles. The zero-order valence-corrected chi connectivity index (χ0v) is 11.9. The summed E-state index contributed by atoms with van der Waals surface area (Å²) in [6.45, 7) is 3.53. The molecule has 4 rings (SSSR count). The van der Waals surface area contributed by atoms with E-state index in [0.29, 0.717) is 45.6 Å². The highest BCUT2D eigenvalue weighted by Crippen LogP contribution is 2.20. The van der Waals surface area contributed by atoms with Crippen molar-refractivity contribution in [2.75, 3.05) is 11.5 Å². The van der Waals surface area contributed by atoms with Gasteiger partial charge in [0.1, 0.15) is 24.3 Å². The molecular formula is C12H12N10. The second-order valence-corrected chi connectivity index (χ2v) is 4.83. The van der Waals surface area contributed by atoms with Crippen LogP contribution in [0, 0.1) is 13.8 Å². The fraction of sp³-hybridized carbons (Fsp3) is 0.167. The van der Waals surface area contributed by atoms with Gasteiger partial charge in [-0.05, 0) is 13.8 Å². The average Bonchev–Trinajstić information content (AvgIpc) is 3.02. The zero-order valence-electron chi connectivity index (χ0n) is 11.9. The van der Waals surface area contributed by atoms with E-state index in [1.54, 1.807) is 35.9 Å². The third-order valence-corrected chi connectivity index (χ3v) is 3.27. The van der Waals surface area contributed by atoms with E-state index < -0.39 is 0 Å². The van der Waals surface area contributed by atoms with Gasteiger partial charge in [-0.2, -0.15) is 0 Å². The van der Waals surface area contributed by atoms with E-state index in [-0.39, 0.29) is 0 Å². The molecule has 22 heavy (non-hydrogen) atoms. The highest BCUT2D eigenvalue weighted by molar-refractivity contribution is 5.84. The van der Waals surface area contributed by atoms with E-state index in [4.69, 9.17) is 11.5 Å². The quantitative estimate of drug-likeness (QED) is 0.502. The topological polar surface area (TPSA) is 139 Å². The van der Waals surface area contributed by atoms with Gasteiger partial charge >= 0.3 is 0 Å². The van der Waals surface area contributed by atoms with E-state index in [1.807, 2.05) is 0 Å². The number of fused-ring (bicyclic) bond motifs is 2. The third-order valence-electron chi connectivity index (χ3n) is 3.27. The van der Waals surface area contributed by atoms with Gasteiger partial charge in [-0.1, -0.05) is 0 Å². The minimum absolute atomic E-state index is 0.330. The van der Waals surface area contributed by atoms with Crippen molar-refractivity contribution >= 4 is 34.0 Å². The van der Waals surface area contributed by atoms with Crippen LogP contribution in [0.15, 0.2) is 12.7 Å². The molecule has 0 bridgehead atoms. The van der Waals surface area contributed by atoms with Crippen molar-refractivity contribution in [2.24, 2.45) is 0 Å². The Balaban J connectivity index is 2.08. The van der Waals surface area contributed by atoms with Gasteiger partial charge in [-0.25, -0.2) is 39.3 Å². The Hall–Kier alpha value is -3.30. The van der Waals surface area contributed by atoms with Crippen LogP contribution >= 0.6 is 0 Å². The maximum Gasteiger partial charge on any atom is 0.185 e. The van der Waals surface area contributed by atoms with Crippen molar-refractivity contribution in [3.63, 3.8) is 0 Å². The molecule has 110 valence electrons. The summed E-state index contributed by atoms with van der Waals surface area (Å²) in [5.74, 6) is 1.77. The molecule has 0 atom stereocenters. The minimum atomic E-state index is 0.330. The highest BCUT2D eigenvalue weighted by atomic mass is 15.5. The second-order valence-electron chi connectivity index (χ2n) is 4.83. The van der Waals surface area contributed by atoms with Crippen LogP contribution in [0.5, 0.6) is 0 Å². The lowest BCUT2D eigenvalue weighted by Gasteiger charge is -2.06. The molecule has 0 saturated heterocycles.